The third-order valence-corrected chi connectivity index (χ3v) is 2.78. The Balaban J connectivity index is 3.42. The first-order chi connectivity index (χ1) is 3.72. The van der Waals surface area contributed by atoms with Crippen molar-refractivity contribution >= 4 is 35.4 Å². The van der Waals surface area contributed by atoms with Gasteiger partial charge in [0.1, 0.15) is 4.64 Å². The van der Waals surface area contributed by atoms with Crippen molar-refractivity contribution in [3.05, 3.63) is 15.0 Å². The van der Waals surface area contributed by atoms with Crippen molar-refractivity contribution in [2.75, 3.05) is 0 Å². The number of nitrogens with zero attached hydrogens (tertiary/aromatic N) is 1. The molecule has 4 heteroatoms. The molecule has 0 radical (unpaired) electrons. The fourth-order valence-electron chi connectivity index (χ4n) is 0.374. The SMILES string of the molecule is Cn1scc(Cl)c1=S. The van der Waals surface area contributed by atoms with E-state index in [9.17, 15) is 0 Å². The number of aryl methyl sites for hydroxylation is 1. The molecule has 0 aromatic carbocycles. The van der Waals surface area contributed by atoms with E-state index in [1.807, 2.05) is 16.4 Å². The molecule has 1 aromatic rings. The molecule has 1 aromatic heterocycles. The van der Waals surface area contributed by atoms with Crippen LogP contribution in [0.25, 0.3) is 0 Å². The zero-order valence-electron chi connectivity index (χ0n) is 4.22. The van der Waals surface area contributed by atoms with Crippen LogP contribution in [0, 0.1) is 4.64 Å². The van der Waals surface area contributed by atoms with Gasteiger partial charge in [0, 0.05) is 12.4 Å². The Morgan fingerprint density at radius 3 is 2.62 bits per heavy atom. The van der Waals surface area contributed by atoms with Gasteiger partial charge >= 0.3 is 0 Å². The van der Waals surface area contributed by atoms with Crippen LogP contribution < -0.4 is 0 Å². The van der Waals surface area contributed by atoms with Crippen LogP contribution in [0.5, 0.6) is 0 Å². The molecular weight excluding hydrogens is 162 g/mol. The van der Waals surface area contributed by atoms with Crippen molar-refractivity contribution < 1.29 is 0 Å². The zero-order valence-corrected chi connectivity index (χ0v) is 6.61. The molecule has 0 aliphatic heterocycles. The fourth-order valence-corrected chi connectivity index (χ4v) is 1.49. The minimum atomic E-state index is 0.674. The van der Waals surface area contributed by atoms with E-state index in [2.05, 4.69) is 0 Å². The van der Waals surface area contributed by atoms with Crippen LogP contribution in [0.1, 0.15) is 0 Å². The molecular formula is C4H4ClNS2. The second-order valence-corrected chi connectivity index (χ2v) is 3.16. The maximum absolute atomic E-state index is 5.61. The van der Waals surface area contributed by atoms with Crippen LogP contribution in [0.2, 0.25) is 5.02 Å². The molecule has 0 fully saturated rings. The van der Waals surface area contributed by atoms with Gasteiger partial charge < -0.3 is 0 Å². The second-order valence-electron chi connectivity index (χ2n) is 1.37. The summed E-state index contributed by atoms with van der Waals surface area (Å²) in [5, 5.41) is 2.50. The highest BCUT2D eigenvalue weighted by Gasteiger charge is 1.92. The Kier molecular flexibility index (Phi) is 1.70. The van der Waals surface area contributed by atoms with Crippen molar-refractivity contribution in [1.82, 2.24) is 3.96 Å². The topological polar surface area (TPSA) is 4.93 Å². The van der Waals surface area contributed by atoms with Gasteiger partial charge in [-0.05, 0) is 0 Å². The van der Waals surface area contributed by atoms with Crippen molar-refractivity contribution in [2.24, 2.45) is 7.05 Å². The largest absolute Gasteiger partial charge is 0.290 e. The average molecular weight is 166 g/mol. The Labute approximate surface area is 61.7 Å². The van der Waals surface area contributed by atoms with Crippen molar-refractivity contribution in [3.8, 4) is 0 Å². The molecule has 44 valence electrons. The third kappa shape index (κ3) is 0.940. The zero-order chi connectivity index (χ0) is 6.15. The molecule has 0 amide bonds. The molecule has 1 rings (SSSR count). The first-order valence-electron chi connectivity index (χ1n) is 2.02. The fraction of sp³-hybridized carbons (Fsp3) is 0.250. The smallest absolute Gasteiger partial charge is 0.134 e. The molecule has 0 N–H and O–H groups in total. The van der Waals surface area contributed by atoms with Crippen LogP contribution in [0.3, 0.4) is 0 Å². The van der Waals surface area contributed by atoms with Crippen LogP contribution in [-0.2, 0) is 7.05 Å². The summed E-state index contributed by atoms with van der Waals surface area (Å²) in [6, 6.07) is 0. The number of rotatable bonds is 0. The highest BCUT2D eigenvalue weighted by Crippen LogP contribution is 2.14. The van der Waals surface area contributed by atoms with E-state index in [0.29, 0.717) is 5.02 Å². The molecule has 0 atom stereocenters. The number of hydrogen-bond donors (Lipinski definition) is 0. The lowest BCUT2D eigenvalue weighted by Crippen LogP contribution is -1.76. The van der Waals surface area contributed by atoms with Gasteiger partial charge in [0.05, 0.1) is 5.02 Å². The number of hydrogen-bond acceptors (Lipinski definition) is 2. The summed E-state index contributed by atoms with van der Waals surface area (Å²) in [5.41, 5.74) is 0. The highest BCUT2D eigenvalue weighted by atomic mass is 35.5. The summed E-state index contributed by atoms with van der Waals surface area (Å²) in [7, 11) is 1.89. The van der Waals surface area contributed by atoms with Gasteiger partial charge in [0.15, 0.2) is 0 Å². The summed E-state index contributed by atoms with van der Waals surface area (Å²) in [6.45, 7) is 0. The Morgan fingerprint density at radius 1 is 1.88 bits per heavy atom. The van der Waals surface area contributed by atoms with E-state index >= 15 is 0 Å². The van der Waals surface area contributed by atoms with E-state index in [1.54, 1.807) is 0 Å². The quantitative estimate of drug-likeness (QED) is 0.535. The summed E-state index contributed by atoms with van der Waals surface area (Å²) in [5.74, 6) is 0. The van der Waals surface area contributed by atoms with E-state index in [1.165, 1.54) is 11.5 Å². The lowest BCUT2D eigenvalue weighted by Gasteiger charge is -1.80. The minimum absolute atomic E-state index is 0.674. The van der Waals surface area contributed by atoms with Gasteiger partial charge in [-0.1, -0.05) is 35.4 Å². The predicted molar refractivity (Wildman–Crippen MR) is 39.1 cm³/mol. The highest BCUT2D eigenvalue weighted by molar-refractivity contribution is 7.71. The van der Waals surface area contributed by atoms with E-state index in [0.717, 1.165) is 4.64 Å². The Morgan fingerprint density at radius 2 is 2.50 bits per heavy atom. The van der Waals surface area contributed by atoms with Crippen molar-refractivity contribution in [3.63, 3.8) is 0 Å². The number of halogens is 1. The summed E-state index contributed by atoms with van der Waals surface area (Å²) < 4.78 is 2.56. The van der Waals surface area contributed by atoms with Gasteiger partial charge in [0.25, 0.3) is 0 Å². The van der Waals surface area contributed by atoms with E-state index in [4.69, 9.17) is 23.8 Å². The molecule has 8 heavy (non-hydrogen) atoms. The minimum Gasteiger partial charge on any atom is -0.290 e. The molecule has 0 aliphatic carbocycles. The molecule has 0 bridgehead atoms. The van der Waals surface area contributed by atoms with Crippen LogP contribution in [0.15, 0.2) is 5.38 Å². The third-order valence-electron chi connectivity index (χ3n) is 0.805. The van der Waals surface area contributed by atoms with Gasteiger partial charge in [-0.25, -0.2) is 0 Å². The molecule has 0 aliphatic rings. The summed E-state index contributed by atoms with van der Waals surface area (Å²) in [6.07, 6.45) is 0. The predicted octanol–water partition coefficient (Wildman–Crippen LogP) is 2.47. The maximum Gasteiger partial charge on any atom is 0.134 e. The van der Waals surface area contributed by atoms with Crippen molar-refractivity contribution in [2.45, 2.75) is 0 Å². The molecule has 0 saturated heterocycles. The van der Waals surface area contributed by atoms with E-state index in [-0.39, 0.29) is 0 Å². The van der Waals surface area contributed by atoms with Gasteiger partial charge in [-0.2, -0.15) is 0 Å². The monoisotopic (exact) mass is 165 g/mol. The van der Waals surface area contributed by atoms with Gasteiger partial charge in [-0.3, -0.25) is 3.96 Å². The molecule has 1 heterocycles. The first-order valence-corrected chi connectivity index (χ1v) is 3.64. The van der Waals surface area contributed by atoms with E-state index < -0.39 is 0 Å². The van der Waals surface area contributed by atoms with Crippen LogP contribution in [-0.4, -0.2) is 3.96 Å². The number of aromatic nitrogens is 1. The molecule has 0 saturated carbocycles. The molecule has 0 unspecified atom stereocenters. The molecule has 1 nitrogen and oxygen atoms in total. The Hall–Kier alpha value is 0.140. The first kappa shape index (κ1) is 6.26. The standard InChI is InChI=1S/C4H4ClNS2/c1-6-4(7)3(5)2-8-6/h2H,1H3. The van der Waals surface area contributed by atoms with Crippen LogP contribution >= 0.6 is 35.4 Å². The molecule has 0 spiro atoms. The van der Waals surface area contributed by atoms with Gasteiger partial charge in [-0.15, -0.1) is 0 Å². The average Bonchev–Trinajstić information content (AvgIpc) is 1.98. The summed E-state index contributed by atoms with van der Waals surface area (Å²) in [4.78, 5) is 0. The lowest BCUT2D eigenvalue weighted by atomic mass is 10.7. The lowest BCUT2D eigenvalue weighted by molar-refractivity contribution is 1.01. The normalized spacial score (nSPS) is 9.75. The Bertz CT molecular complexity index is 214. The van der Waals surface area contributed by atoms with Crippen molar-refractivity contribution in [1.29, 1.82) is 0 Å². The summed E-state index contributed by atoms with van der Waals surface area (Å²) >= 11 is 12.0. The van der Waals surface area contributed by atoms with Gasteiger partial charge in [0.2, 0.25) is 0 Å². The maximum atomic E-state index is 5.61. The second kappa shape index (κ2) is 2.17. The van der Waals surface area contributed by atoms with Crippen LogP contribution in [0.4, 0.5) is 0 Å².